The molecule has 0 saturated carbocycles. The summed E-state index contributed by atoms with van der Waals surface area (Å²) < 4.78 is 15.7. The number of pyridine rings is 1. The molecule has 1 aliphatic carbocycles. The van der Waals surface area contributed by atoms with Gasteiger partial charge in [-0.25, -0.2) is 9.78 Å². The van der Waals surface area contributed by atoms with Crippen LogP contribution in [0.1, 0.15) is 49.3 Å². The third-order valence-corrected chi connectivity index (χ3v) is 6.10. The summed E-state index contributed by atoms with van der Waals surface area (Å²) >= 11 is 6.30. The molecule has 1 amide bonds. The van der Waals surface area contributed by atoms with E-state index in [1.54, 1.807) is 12.3 Å². The first-order valence-electron chi connectivity index (χ1n) is 11.0. The van der Waals surface area contributed by atoms with Gasteiger partial charge < -0.3 is 19.3 Å². The van der Waals surface area contributed by atoms with Crippen LogP contribution in [0.2, 0.25) is 5.02 Å². The number of nitrogens with zero attached hydrogens (tertiary/aromatic N) is 3. The van der Waals surface area contributed by atoms with Gasteiger partial charge in [0.25, 0.3) is 5.89 Å². The first-order valence-corrected chi connectivity index (χ1v) is 11.4. The van der Waals surface area contributed by atoms with Crippen LogP contribution in [-0.2, 0) is 11.2 Å². The minimum atomic E-state index is -0.397. The van der Waals surface area contributed by atoms with Crippen LogP contribution in [-0.4, -0.2) is 41.0 Å². The van der Waals surface area contributed by atoms with Crippen LogP contribution < -0.4 is 10.1 Å². The van der Waals surface area contributed by atoms with Gasteiger partial charge in [0.2, 0.25) is 11.7 Å². The van der Waals surface area contributed by atoms with Gasteiger partial charge in [-0.3, -0.25) is 0 Å². The third kappa shape index (κ3) is 4.95. The Balaban J connectivity index is 1.52. The molecule has 1 unspecified atom stereocenters. The molecule has 4 rings (SSSR count). The standard InChI is InChI=1S/C24H27ClN4O4/c1-13(2)32-23-20(25)11-16(12-27-23)22-28-21(29-33-22)18-7-8-19-15(5-6-17(19)14(18)3)9-10-26-24(30)31-4/h7-8,11-13,15H,5-6,9-10H2,1-4H3,(H,26,30). The number of rotatable bonds is 7. The second-order valence-electron chi connectivity index (χ2n) is 8.35. The first-order chi connectivity index (χ1) is 15.9. The van der Waals surface area contributed by atoms with E-state index in [0.717, 1.165) is 30.4 Å². The summed E-state index contributed by atoms with van der Waals surface area (Å²) in [7, 11) is 1.37. The Hall–Kier alpha value is -3.13. The van der Waals surface area contributed by atoms with Gasteiger partial charge in [0, 0.05) is 18.3 Å². The molecule has 0 saturated heterocycles. The fourth-order valence-electron chi connectivity index (χ4n) is 4.23. The van der Waals surface area contributed by atoms with E-state index in [-0.39, 0.29) is 6.10 Å². The van der Waals surface area contributed by atoms with Crippen molar-refractivity contribution in [3.63, 3.8) is 0 Å². The second kappa shape index (κ2) is 9.79. The monoisotopic (exact) mass is 470 g/mol. The minimum Gasteiger partial charge on any atom is -0.474 e. The zero-order chi connectivity index (χ0) is 23.5. The summed E-state index contributed by atoms with van der Waals surface area (Å²) in [4.78, 5) is 20.2. The quantitative estimate of drug-likeness (QED) is 0.498. The molecule has 8 nitrogen and oxygen atoms in total. The van der Waals surface area contributed by atoms with Crippen molar-refractivity contribution in [2.24, 2.45) is 0 Å². The third-order valence-electron chi connectivity index (χ3n) is 5.83. The highest BCUT2D eigenvalue weighted by atomic mass is 35.5. The number of aromatic nitrogens is 3. The SMILES string of the molecule is COC(=O)NCCC1CCc2c1ccc(-c1noc(-c3cnc(OC(C)C)c(Cl)c3)n1)c2C. The fraction of sp³-hybridized carbons (Fsp3) is 0.417. The Bertz CT molecular complexity index is 1160. The molecule has 0 fully saturated rings. The molecule has 2 aromatic heterocycles. The molecule has 2 heterocycles. The smallest absolute Gasteiger partial charge is 0.406 e. The molecule has 1 aromatic carbocycles. The molecule has 3 aromatic rings. The topological polar surface area (TPSA) is 99.4 Å². The van der Waals surface area contributed by atoms with E-state index >= 15 is 0 Å². The lowest BCUT2D eigenvalue weighted by atomic mass is 9.93. The molecule has 0 radical (unpaired) electrons. The minimum absolute atomic E-state index is 0.0256. The number of alkyl carbamates (subject to hydrolysis) is 1. The lowest BCUT2D eigenvalue weighted by Gasteiger charge is -2.14. The average Bonchev–Trinajstić information content (AvgIpc) is 3.43. The first kappa shape index (κ1) is 23.0. The number of methoxy groups -OCH3 is 1. The van der Waals surface area contributed by atoms with Crippen LogP contribution in [0.5, 0.6) is 5.88 Å². The highest BCUT2D eigenvalue weighted by Gasteiger charge is 2.26. The van der Waals surface area contributed by atoms with Crippen molar-refractivity contribution in [2.45, 2.75) is 52.1 Å². The van der Waals surface area contributed by atoms with Crippen LogP contribution in [0.4, 0.5) is 4.79 Å². The highest BCUT2D eigenvalue weighted by molar-refractivity contribution is 6.32. The van der Waals surface area contributed by atoms with Gasteiger partial charge in [-0.1, -0.05) is 28.9 Å². The Kier molecular flexibility index (Phi) is 6.83. The molecular weight excluding hydrogens is 444 g/mol. The van der Waals surface area contributed by atoms with Gasteiger partial charge in [-0.05, 0) is 68.7 Å². The van der Waals surface area contributed by atoms with Gasteiger partial charge in [-0.2, -0.15) is 4.98 Å². The number of hydrogen-bond donors (Lipinski definition) is 1. The number of fused-ring (bicyclic) bond motifs is 1. The van der Waals surface area contributed by atoms with Crippen molar-refractivity contribution in [2.75, 3.05) is 13.7 Å². The van der Waals surface area contributed by atoms with Gasteiger partial charge in [0.1, 0.15) is 5.02 Å². The van der Waals surface area contributed by atoms with Crippen molar-refractivity contribution in [1.82, 2.24) is 20.4 Å². The number of carbonyl (C=O) groups excluding carboxylic acids is 1. The average molecular weight is 471 g/mol. The molecular formula is C24H27ClN4O4. The van der Waals surface area contributed by atoms with Crippen LogP contribution in [0.3, 0.4) is 0 Å². The summed E-state index contributed by atoms with van der Waals surface area (Å²) in [6, 6.07) is 5.89. The zero-order valence-corrected chi connectivity index (χ0v) is 19.9. The van der Waals surface area contributed by atoms with Crippen molar-refractivity contribution in [3.8, 4) is 28.7 Å². The number of nitrogens with one attached hydrogen (secondary N) is 1. The Morgan fingerprint density at radius 2 is 2.18 bits per heavy atom. The second-order valence-corrected chi connectivity index (χ2v) is 8.76. The molecule has 1 aliphatic rings. The maximum absolute atomic E-state index is 11.3. The van der Waals surface area contributed by atoms with Crippen LogP contribution in [0.15, 0.2) is 28.9 Å². The predicted octanol–water partition coefficient (Wildman–Crippen LogP) is 5.32. The van der Waals surface area contributed by atoms with Crippen molar-refractivity contribution in [3.05, 3.63) is 46.1 Å². The molecule has 9 heteroatoms. The highest BCUT2D eigenvalue weighted by Crippen LogP contribution is 2.40. The van der Waals surface area contributed by atoms with E-state index in [0.29, 0.717) is 40.6 Å². The molecule has 1 atom stereocenters. The molecule has 0 bridgehead atoms. The van der Waals surface area contributed by atoms with Crippen molar-refractivity contribution >= 4 is 17.7 Å². The maximum atomic E-state index is 11.3. The van der Waals surface area contributed by atoms with E-state index in [9.17, 15) is 4.79 Å². The van der Waals surface area contributed by atoms with Crippen LogP contribution in [0.25, 0.3) is 22.8 Å². The Morgan fingerprint density at radius 3 is 2.91 bits per heavy atom. The van der Waals surface area contributed by atoms with Gasteiger partial charge >= 0.3 is 6.09 Å². The summed E-state index contributed by atoms with van der Waals surface area (Å²) in [6.07, 6.45) is 4.10. The van der Waals surface area contributed by atoms with E-state index in [4.69, 9.17) is 20.9 Å². The van der Waals surface area contributed by atoms with E-state index in [1.165, 1.54) is 18.2 Å². The van der Waals surface area contributed by atoms with Gasteiger partial charge in [0.15, 0.2) is 0 Å². The van der Waals surface area contributed by atoms with Crippen LogP contribution >= 0.6 is 11.6 Å². The maximum Gasteiger partial charge on any atom is 0.406 e. The van der Waals surface area contributed by atoms with E-state index in [2.05, 4.69) is 38.2 Å². The van der Waals surface area contributed by atoms with Gasteiger partial charge in [-0.15, -0.1) is 0 Å². The van der Waals surface area contributed by atoms with E-state index in [1.807, 2.05) is 19.9 Å². The Morgan fingerprint density at radius 1 is 1.36 bits per heavy atom. The molecule has 0 aliphatic heterocycles. The number of carbonyl (C=O) groups is 1. The molecule has 1 N–H and O–H groups in total. The normalized spacial score (nSPS) is 14.9. The van der Waals surface area contributed by atoms with Crippen molar-refractivity contribution in [1.29, 1.82) is 0 Å². The summed E-state index contributed by atoms with van der Waals surface area (Å²) in [5.74, 6) is 1.66. The largest absolute Gasteiger partial charge is 0.474 e. The van der Waals surface area contributed by atoms with Crippen molar-refractivity contribution < 1.29 is 18.8 Å². The number of amides is 1. The number of hydrogen-bond acceptors (Lipinski definition) is 7. The molecule has 174 valence electrons. The summed E-state index contributed by atoms with van der Waals surface area (Å²) in [6.45, 7) is 6.51. The number of benzene rings is 1. The van der Waals surface area contributed by atoms with Gasteiger partial charge in [0.05, 0.1) is 18.8 Å². The lowest BCUT2D eigenvalue weighted by molar-refractivity contribution is 0.170. The Labute approximate surface area is 197 Å². The molecule has 0 spiro atoms. The van der Waals surface area contributed by atoms with E-state index < -0.39 is 6.09 Å². The lowest BCUT2D eigenvalue weighted by Crippen LogP contribution is -2.25. The summed E-state index contributed by atoms with van der Waals surface area (Å²) in [5, 5.41) is 7.35. The fourth-order valence-corrected chi connectivity index (χ4v) is 4.44. The predicted molar refractivity (Wildman–Crippen MR) is 125 cm³/mol. The zero-order valence-electron chi connectivity index (χ0n) is 19.1. The summed E-state index contributed by atoms with van der Waals surface area (Å²) in [5.41, 5.74) is 5.37. The number of halogens is 1. The molecule has 33 heavy (non-hydrogen) atoms. The number of ether oxygens (including phenoxy) is 2. The van der Waals surface area contributed by atoms with Crippen LogP contribution in [0, 0.1) is 6.92 Å².